The Hall–Kier alpha value is -3.61. The Labute approximate surface area is 142 Å². The Bertz CT molecular complexity index is 1020. The molecule has 7 heteroatoms. The van der Waals surface area contributed by atoms with Crippen molar-refractivity contribution >= 4 is 16.7 Å². The van der Waals surface area contributed by atoms with Crippen LogP contribution in [-0.2, 0) is 6.54 Å². The zero-order valence-electron chi connectivity index (χ0n) is 13.1. The molecule has 4 rings (SSSR count). The minimum Gasteiger partial charge on any atom is -0.417 e. The van der Waals surface area contributed by atoms with E-state index in [1.807, 2.05) is 30.3 Å². The second-order valence-corrected chi connectivity index (χ2v) is 5.31. The largest absolute Gasteiger partial charge is 0.417 e. The molecule has 4 aromatic rings. The highest BCUT2D eigenvalue weighted by molar-refractivity contribution is 5.94. The van der Waals surface area contributed by atoms with Gasteiger partial charge in [-0.1, -0.05) is 24.3 Å². The molecule has 0 unspecified atom stereocenters. The van der Waals surface area contributed by atoms with Gasteiger partial charge in [0, 0.05) is 24.0 Å². The second-order valence-electron chi connectivity index (χ2n) is 5.31. The number of carbonyl (C=O) groups excluding carboxylic acids is 1. The number of pyridine rings is 2. The fourth-order valence-electron chi connectivity index (χ4n) is 2.47. The van der Waals surface area contributed by atoms with Gasteiger partial charge in [0.15, 0.2) is 0 Å². The molecule has 1 aromatic carbocycles. The van der Waals surface area contributed by atoms with Crippen LogP contribution < -0.4 is 5.32 Å². The molecule has 1 amide bonds. The van der Waals surface area contributed by atoms with E-state index in [9.17, 15) is 4.79 Å². The van der Waals surface area contributed by atoms with E-state index >= 15 is 0 Å². The summed E-state index contributed by atoms with van der Waals surface area (Å²) >= 11 is 0. The van der Waals surface area contributed by atoms with Crippen LogP contribution in [-0.4, -0.2) is 26.1 Å². The van der Waals surface area contributed by atoms with E-state index in [0.717, 1.165) is 10.8 Å². The van der Waals surface area contributed by atoms with E-state index in [1.54, 1.807) is 24.5 Å². The van der Waals surface area contributed by atoms with Gasteiger partial charge in [0.2, 0.25) is 5.89 Å². The van der Waals surface area contributed by atoms with Crippen molar-refractivity contribution in [1.29, 1.82) is 0 Å². The first-order valence-corrected chi connectivity index (χ1v) is 7.66. The highest BCUT2D eigenvalue weighted by Gasteiger charge is 2.14. The number of benzene rings is 1. The molecule has 0 aliphatic carbocycles. The topological polar surface area (TPSA) is 93.8 Å². The molecule has 0 aliphatic rings. The van der Waals surface area contributed by atoms with Gasteiger partial charge in [0.05, 0.1) is 12.1 Å². The summed E-state index contributed by atoms with van der Waals surface area (Å²) in [4.78, 5) is 20.3. The van der Waals surface area contributed by atoms with Crippen molar-refractivity contribution in [3.05, 3.63) is 72.5 Å². The standard InChI is InChI=1S/C18H13N5O2/c24-17(13-5-3-8-19-10-13)21-11-15-22-23-18(25-15)16-14-6-2-1-4-12(14)7-9-20-16/h1-10H,11H2,(H,21,24). The van der Waals surface area contributed by atoms with E-state index in [-0.39, 0.29) is 12.5 Å². The minimum absolute atomic E-state index is 0.130. The lowest BCUT2D eigenvalue weighted by Gasteiger charge is -2.02. The number of fused-ring (bicyclic) bond motifs is 1. The summed E-state index contributed by atoms with van der Waals surface area (Å²) in [6, 6.07) is 13.1. The number of rotatable bonds is 4. The molecule has 0 radical (unpaired) electrons. The van der Waals surface area contributed by atoms with Gasteiger partial charge in [0.1, 0.15) is 5.69 Å². The number of amides is 1. The summed E-state index contributed by atoms with van der Waals surface area (Å²) in [6.45, 7) is 0.130. The van der Waals surface area contributed by atoms with Crippen molar-refractivity contribution in [3.63, 3.8) is 0 Å². The molecule has 3 aromatic heterocycles. The van der Waals surface area contributed by atoms with Gasteiger partial charge in [-0.3, -0.25) is 14.8 Å². The number of nitrogens with zero attached hydrogens (tertiary/aromatic N) is 4. The van der Waals surface area contributed by atoms with Gasteiger partial charge < -0.3 is 9.73 Å². The van der Waals surface area contributed by atoms with Gasteiger partial charge in [-0.25, -0.2) is 0 Å². The highest BCUT2D eigenvalue weighted by Crippen LogP contribution is 2.25. The van der Waals surface area contributed by atoms with E-state index < -0.39 is 0 Å². The van der Waals surface area contributed by atoms with Crippen LogP contribution in [0, 0.1) is 0 Å². The van der Waals surface area contributed by atoms with Crippen LogP contribution in [0.5, 0.6) is 0 Å². The Kier molecular flexibility index (Phi) is 3.88. The van der Waals surface area contributed by atoms with Gasteiger partial charge in [-0.05, 0) is 23.6 Å². The summed E-state index contributed by atoms with van der Waals surface area (Å²) in [5.74, 6) is 0.375. The zero-order chi connectivity index (χ0) is 17.1. The molecule has 25 heavy (non-hydrogen) atoms. The van der Waals surface area contributed by atoms with Crippen LogP contribution in [0.15, 0.2) is 65.5 Å². The Morgan fingerprint density at radius 3 is 2.84 bits per heavy atom. The fourth-order valence-corrected chi connectivity index (χ4v) is 2.47. The van der Waals surface area contributed by atoms with E-state index in [0.29, 0.717) is 23.0 Å². The quantitative estimate of drug-likeness (QED) is 0.618. The molecule has 0 fully saturated rings. The predicted octanol–water partition coefficient (Wildman–Crippen LogP) is 2.61. The Balaban J connectivity index is 1.53. The lowest BCUT2D eigenvalue weighted by atomic mass is 10.1. The van der Waals surface area contributed by atoms with E-state index in [1.165, 1.54) is 6.20 Å². The van der Waals surface area contributed by atoms with Crippen LogP contribution >= 0.6 is 0 Å². The Morgan fingerprint density at radius 2 is 1.96 bits per heavy atom. The zero-order valence-corrected chi connectivity index (χ0v) is 13.1. The molecule has 0 saturated heterocycles. The maximum absolute atomic E-state index is 12.0. The molecule has 0 bridgehead atoms. The molecule has 7 nitrogen and oxygen atoms in total. The molecule has 1 N–H and O–H groups in total. The summed E-state index contributed by atoms with van der Waals surface area (Å²) in [7, 11) is 0. The third-order valence-electron chi connectivity index (χ3n) is 3.67. The summed E-state index contributed by atoms with van der Waals surface area (Å²) in [5, 5.41) is 12.7. The summed E-state index contributed by atoms with van der Waals surface area (Å²) < 4.78 is 5.65. The number of carbonyl (C=O) groups is 1. The van der Waals surface area contributed by atoms with E-state index in [4.69, 9.17) is 4.42 Å². The van der Waals surface area contributed by atoms with Crippen LogP contribution in [0.25, 0.3) is 22.4 Å². The predicted molar refractivity (Wildman–Crippen MR) is 90.4 cm³/mol. The number of nitrogens with one attached hydrogen (secondary N) is 1. The number of hydrogen-bond acceptors (Lipinski definition) is 6. The first kappa shape index (κ1) is 14.9. The molecule has 0 aliphatic heterocycles. The lowest BCUT2D eigenvalue weighted by molar-refractivity contribution is 0.0947. The summed E-state index contributed by atoms with van der Waals surface area (Å²) in [6.07, 6.45) is 4.80. The van der Waals surface area contributed by atoms with E-state index in [2.05, 4.69) is 25.5 Å². The monoisotopic (exact) mass is 331 g/mol. The maximum atomic E-state index is 12.0. The molecule has 3 heterocycles. The highest BCUT2D eigenvalue weighted by atomic mass is 16.4. The van der Waals surface area contributed by atoms with Gasteiger partial charge in [-0.15, -0.1) is 10.2 Å². The molecule has 0 atom stereocenters. The molecular formula is C18H13N5O2. The van der Waals surface area contributed by atoms with Crippen LogP contribution in [0.1, 0.15) is 16.2 Å². The smallest absolute Gasteiger partial charge is 0.266 e. The Morgan fingerprint density at radius 1 is 1.04 bits per heavy atom. The normalized spacial score (nSPS) is 10.7. The van der Waals surface area contributed by atoms with Crippen molar-refractivity contribution in [2.24, 2.45) is 0 Å². The first-order chi connectivity index (χ1) is 12.3. The first-order valence-electron chi connectivity index (χ1n) is 7.66. The molecule has 0 saturated carbocycles. The lowest BCUT2D eigenvalue weighted by Crippen LogP contribution is -2.23. The van der Waals surface area contributed by atoms with Crippen molar-refractivity contribution in [3.8, 4) is 11.6 Å². The molecule has 122 valence electrons. The maximum Gasteiger partial charge on any atom is 0.266 e. The fraction of sp³-hybridized carbons (Fsp3) is 0.0556. The van der Waals surface area contributed by atoms with Crippen molar-refractivity contribution in [1.82, 2.24) is 25.5 Å². The van der Waals surface area contributed by atoms with Gasteiger partial charge >= 0.3 is 0 Å². The third kappa shape index (κ3) is 3.07. The SMILES string of the molecule is O=C(NCc1nnc(-c2nccc3ccccc23)o1)c1cccnc1. The average molecular weight is 331 g/mol. The number of aromatic nitrogens is 4. The molecule has 0 spiro atoms. The average Bonchev–Trinajstić information content (AvgIpc) is 3.15. The van der Waals surface area contributed by atoms with Gasteiger partial charge in [0.25, 0.3) is 11.8 Å². The summed E-state index contributed by atoms with van der Waals surface area (Å²) in [5.41, 5.74) is 1.09. The third-order valence-corrected chi connectivity index (χ3v) is 3.67. The van der Waals surface area contributed by atoms with Crippen LogP contribution in [0.2, 0.25) is 0 Å². The minimum atomic E-state index is -0.254. The van der Waals surface area contributed by atoms with Crippen molar-refractivity contribution in [2.75, 3.05) is 0 Å². The van der Waals surface area contributed by atoms with Crippen molar-refractivity contribution < 1.29 is 9.21 Å². The van der Waals surface area contributed by atoms with Crippen LogP contribution in [0.4, 0.5) is 0 Å². The molecular weight excluding hydrogens is 318 g/mol. The van der Waals surface area contributed by atoms with Crippen LogP contribution in [0.3, 0.4) is 0 Å². The van der Waals surface area contributed by atoms with Crippen molar-refractivity contribution in [2.45, 2.75) is 6.54 Å². The van der Waals surface area contributed by atoms with Gasteiger partial charge in [-0.2, -0.15) is 0 Å². The number of hydrogen-bond donors (Lipinski definition) is 1. The second kappa shape index (κ2) is 6.48.